The lowest BCUT2D eigenvalue weighted by Gasteiger charge is -2.23. The van der Waals surface area contributed by atoms with Crippen molar-refractivity contribution in [2.24, 2.45) is 22.9 Å². The fourth-order valence-corrected chi connectivity index (χ4v) is 5.54. The average molecular weight is 449 g/mol. The van der Waals surface area contributed by atoms with Crippen LogP contribution in [0, 0.1) is 27.9 Å². The summed E-state index contributed by atoms with van der Waals surface area (Å²) in [4.78, 5) is 37.6. The molecular weight excluding hydrogens is 416 g/mol. The molecule has 0 aromatic carbocycles. The Kier molecular flexibility index (Phi) is 6.69. The zero-order chi connectivity index (χ0) is 22.0. The fraction of sp³-hybridized carbons (Fsp3) is 0.682. The summed E-state index contributed by atoms with van der Waals surface area (Å²) in [5.74, 6) is 0.766. The number of thiophene rings is 1. The second kappa shape index (κ2) is 9.46. The third kappa shape index (κ3) is 5.70. The van der Waals surface area contributed by atoms with Gasteiger partial charge < -0.3 is 10.6 Å². The maximum Gasteiger partial charge on any atom is 0.254 e. The molecule has 1 atom stereocenters. The summed E-state index contributed by atoms with van der Waals surface area (Å²) < 4.78 is 0. The number of amides is 2. The molecule has 4 rings (SSSR count). The van der Waals surface area contributed by atoms with Crippen LogP contribution >= 0.6 is 11.3 Å². The first kappa shape index (κ1) is 21.9. The molecule has 31 heavy (non-hydrogen) atoms. The molecule has 2 saturated carbocycles. The van der Waals surface area contributed by atoms with Crippen molar-refractivity contribution in [3.05, 3.63) is 26.1 Å². The maximum atomic E-state index is 13.1. The minimum Gasteiger partial charge on any atom is -0.352 e. The molecule has 170 valence electrons. The van der Waals surface area contributed by atoms with Gasteiger partial charge in [0.25, 0.3) is 5.91 Å². The Labute approximate surface area is 187 Å². The summed E-state index contributed by atoms with van der Waals surface area (Å²) >= 11 is 1.52. The van der Waals surface area contributed by atoms with Crippen molar-refractivity contribution in [1.29, 1.82) is 0 Å². The average Bonchev–Trinajstić information content (AvgIpc) is 3.62. The van der Waals surface area contributed by atoms with E-state index in [1.54, 1.807) is 0 Å². The topological polar surface area (TPSA) is 114 Å². The third-order valence-electron chi connectivity index (χ3n) is 6.31. The molecule has 8 nitrogen and oxygen atoms in total. The van der Waals surface area contributed by atoms with Crippen molar-refractivity contribution in [1.82, 2.24) is 5.32 Å². The van der Waals surface area contributed by atoms with Crippen molar-refractivity contribution in [2.75, 3.05) is 11.9 Å². The molecule has 0 saturated heterocycles. The van der Waals surface area contributed by atoms with E-state index >= 15 is 0 Å². The third-order valence-corrected chi connectivity index (χ3v) is 7.52. The summed E-state index contributed by atoms with van der Waals surface area (Å²) in [6.07, 6.45) is 8.58. The lowest BCUT2D eigenvalue weighted by Crippen LogP contribution is -2.28. The molecule has 0 radical (unpaired) electrons. The second-order valence-electron chi connectivity index (χ2n) is 9.09. The van der Waals surface area contributed by atoms with Crippen LogP contribution in [0.2, 0.25) is 0 Å². The van der Waals surface area contributed by atoms with Crippen LogP contribution in [-0.4, -0.2) is 29.1 Å². The molecule has 2 N–H and O–H groups in total. The first-order valence-electron chi connectivity index (χ1n) is 11.4. The number of hydrogen-bond donors (Lipinski definition) is 2. The van der Waals surface area contributed by atoms with Crippen molar-refractivity contribution >= 4 is 33.9 Å². The van der Waals surface area contributed by atoms with E-state index in [0.717, 1.165) is 55.4 Å². The van der Waals surface area contributed by atoms with Gasteiger partial charge in [0.2, 0.25) is 5.91 Å². The molecule has 2 fully saturated rings. The van der Waals surface area contributed by atoms with Crippen molar-refractivity contribution in [3.63, 3.8) is 0 Å². The van der Waals surface area contributed by atoms with Gasteiger partial charge in [-0.2, -0.15) is 0 Å². The Balaban J connectivity index is 0.00000289. The molecule has 2 amide bonds. The Hall–Kier alpha value is -2.29. The molecule has 0 aliphatic heterocycles. The fourth-order valence-electron chi connectivity index (χ4n) is 4.30. The van der Waals surface area contributed by atoms with E-state index in [9.17, 15) is 19.7 Å². The Morgan fingerprint density at radius 1 is 1.23 bits per heavy atom. The summed E-state index contributed by atoms with van der Waals surface area (Å²) in [5, 5.41) is 20.6. The molecule has 0 bridgehead atoms. The van der Waals surface area contributed by atoms with Crippen molar-refractivity contribution < 1.29 is 16.0 Å². The molecule has 1 heterocycles. The van der Waals surface area contributed by atoms with Gasteiger partial charge in [-0.15, -0.1) is 11.3 Å². The van der Waals surface area contributed by atoms with E-state index in [1.165, 1.54) is 11.3 Å². The zero-order valence-corrected chi connectivity index (χ0v) is 18.8. The van der Waals surface area contributed by atoms with E-state index in [2.05, 4.69) is 15.7 Å². The van der Waals surface area contributed by atoms with Crippen LogP contribution in [0.25, 0.3) is 0 Å². The van der Waals surface area contributed by atoms with Gasteiger partial charge in [-0.3, -0.25) is 9.59 Å². The molecular formula is C22H32N4O4S. The Morgan fingerprint density at radius 2 is 2.00 bits per heavy atom. The highest BCUT2D eigenvalue weighted by atomic mass is 32.1. The van der Waals surface area contributed by atoms with E-state index < -0.39 is 5.03 Å². The lowest BCUT2D eigenvalue weighted by atomic mass is 9.82. The predicted octanol–water partition coefficient (Wildman–Crippen LogP) is 4.41. The Bertz CT molecular complexity index is 908. The van der Waals surface area contributed by atoms with E-state index in [4.69, 9.17) is 0 Å². The van der Waals surface area contributed by atoms with Gasteiger partial charge in [0.1, 0.15) is 5.00 Å². The minimum atomic E-state index is -0.605. The summed E-state index contributed by atoms with van der Waals surface area (Å²) in [6, 6.07) is 0. The molecule has 1 unspecified atom stereocenters. The number of fused-ring (bicyclic) bond motifs is 1. The normalized spacial score (nSPS) is 20.8. The van der Waals surface area contributed by atoms with Gasteiger partial charge in [-0.25, -0.2) is 10.1 Å². The van der Waals surface area contributed by atoms with Crippen molar-refractivity contribution in [3.8, 4) is 0 Å². The smallest absolute Gasteiger partial charge is 0.254 e. The van der Waals surface area contributed by atoms with E-state index in [0.29, 0.717) is 48.0 Å². The Morgan fingerprint density at radius 3 is 2.65 bits per heavy atom. The van der Waals surface area contributed by atoms with Gasteiger partial charge in [0.05, 0.1) is 16.4 Å². The minimum absolute atomic E-state index is 0. The molecule has 3 aliphatic rings. The maximum absolute atomic E-state index is 13.1. The number of anilines is 1. The number of carbonyl (C=O) groups is 2. The van der Waals surface area contributed by atoms with Crippen LogP contribution in [0.3, 0.4) is 0 Å². The van der Waals surface area contributed by atoms with Crippen molar-refractivity contribution in [2.45, 2.75) is 71.1 Å². The SMILES string of the molecule is CCCC(CC1CCc2sc(NC(=O)C3CC3)c(C(=O)NCC3CC3)c2C1)=N[N+](=O)[O-].[HH]. The van der Waals surface area contributed by atoms with E-state index in [-0.39, 0.29) is 25.1 Å². The number of aryl methyl sites for hydroxylation is 1. The van der Waals surface area contributed by atoms with Gasteiger partial charge in [0.15, 0.2) is 5.03 Å². The van der Waals surface area contributed by atoms with E-state index in [1.807, 2.05) is 6.92 Å². The van der Waals surface area contributed by atoms with Crippen LogP contribution in [-0.2, 0) is 17.6 Å². The van der Waals surface area contributed by atoms with Crippen LogP contribution in [0.1, 0.15) is 80.5 Å². The zero-order valence-electron chi connectivity index (χ0n) is 17.9. The lowest BCUT2D eigenvalue weighted by molar-refractivity contribution is -0.485. The van der Waals surface area contributed by atoms with Crippen LogP contribution in [0.4, 0.5) is 5.00 Å². The molecule has 0 spiro atoms. The summed E-state index contributed by atoms with van der Waals surface area (Å²) in [5.41, 5.74) is 2.25. The van der Waals surface area contributed by atoms with Gasteiger partial charge in [0, 0.05) is 18.8 Å². The van der Waals surface area contributed by atoms with Gasteiger partial charge in [-0.1, -0.05) is 13.3 Å². The number of carbonyl (C=O) groups excluding carboxylic acids is 2. The highest BCUT2D eigenvalue weighted by Gasteiger charge is 2.34. The number of nitro groups is 1. The standard InChI is InChI=1S/C22H30N4O4S.H2/c1-2-3-16(25-26(29)30)10-14-6-9-18-17(11-14)19(21(28)23-12-13-4-5-13)22(31-18)24-20(27)15-7-8-15;/h13-15H,2-12H2,1H3,(H,23,28)(H,24,27);1H. The number of nitrogens with one attached hydrogen (secondary N) is 2. The highest BCUT2D eigenvalue weighted by Crippen LogP contribution is 2.42. The van der Waals surface area contributed by atoms with Gasteiger partial charge >= 0.3 is 0 Å². The summed E-state index contributed by atoms with van der Waals surface area (Å²) in [6.45, 7) is 2.67. The van der Waals surface area contributed by atoms with Crippen LogP contribution < -0.4 is 10.6 Å². The number of nitrogens with zero attached hydrogens (tertiary/aromatic N) is 2. The first-order valence-corrected chi connectivity index (χ1v) is 12.2. The summed E-state index contributed by atoms with van der Waals surface area (Å²) in [7, 11) is 0. The quantitative estimate of drug-likeness (QED) is 0.313. The van der Waals surface area contributed by atoms with Crippen LogP contribution in [0.5, 0.6) is 0 Å². The number of hydrazone groups is 1. The first-order chi connectivity index (χ1) is 14.9. The number of hydrogen-bond acceptors (Lipinski definition) is 5. The number of rotatable bonds is 10. The van der Waals surface area contributed by atoms with Crippen LogP contribution in [0.15, 0.2) is 5.10 Å². The molecule has 9 heteroatoms. The monoisotopic (exact) mass is 448 g/mol. The van der Waals surface area contributed by atoms with Gasteiger partial charge in [-0.05, 0) is 75.2 Å². The molecule has 1 aromatic rings. The highest BCUT2D eigenvalue weighted by molar-refractivity contribution is 7.17. The molecule has 1 aromatic heterocycles. The second-order valence-corrected chi connectivity index (χ2v) is 10.2. The predicted molar refractivity (Wildman–Crippen MR) is 122 cm³/mol. The largest absolute Gasteiger partial charge is 0.352 e. The molecule has 3 aliphatic carbocycles.